The summed E-state index contributed by atoms with van der Waals surface area (Å²) in [5.41, 5.74) is 5.18. The zero-order chi connectivity index (χ0) is 26.6. The van der Waals surface area contributed by atoms with E-state index in [9.17, 15) is 22.0 Å². The molecule has 10 nitrogen and oxygen atoms in total. The number of anilines is 3. The maximum atomic E-state index is 14.0. The standard InChI is InChI=1S/C23H27F2N7O3S2/c1-27-9-10-28-18-6-5-15(13-29-18)37(34,35)32-11-7-14(8-12-32)30-23-31-22(26)21(36-23)20(33)19-16(24)3-2-4-17(19)25/h2-6,13-14,27H,7-12,26H2,1H3,(H,28,29)(H,30,31). The van der Waals surface area contributed by atoms with Gasteiger partial charge in [0.1, 0.15) is 33.0 Å². The second kappa shape index (κ2) is 11.5. The Kier molecular flexibility index (Phi) is 8.32. The Morgan fingerprint density at radius 1 is 1.16 bits per heavy atom. The average Bonchev–Trinajstić information content (AvgIpc) is 3.24. The Bertz CT molecular complexity index is 1340. The Morgan fingerprint density at radius 3 is 2.49 bits per heavy atom. The van der Waals surface area contributed by atoms with Crippen LogP contribution in [-0.2, 0) is 10.0 Å². The zero-order valence-electron chi connectivity index (χ0n) is 20.0. The van der Waals surface area contributed by atoms with E-state index in [1.807, 2.05) is 7.05 Å². The van der Waals surface area contributed by atoms with E-state index in [0.717, 1.165) is 30.0 Å². The fourth-order valence-electron chi connectivity index (χ4n) is 3.90. The third-order valence-electron chi connectivity index (χ3n) is 5.89. The Labute approximate surface area is 217 Å². The molecule has 0 saturated carbocycles. The lowest BCUT2D eigenvalue weighted by molar-refractivity contribution is 0.103. The Balaban J connectivity index is 1.36. The molecule has 198 valence electrons. The van der Waals surface area contributed by atoms with Crippen molar-refractivity contribution < 1.29 is 22.0 Å². The summed E-state index contributed by atoms with van der Waals surface area (Å²) < 4.78 is 55.6. The van der Waals surface area contributed by atoms with Gasteiger partial charge in [-0.1, -0.05) is 17.4 Å². The van der Waals surface area contributed by atoms with Crippen LogP contribution in [0.15, 0.2) is 41.4 Å². The van der Waals surface area contributed by atoms with Crippen molar-refractivity contribution in [3.05, 3.63) is 58.6 Å². The summed E-state index contributed by atoms with van der Waals surface area (Å²) in [6.45, 7) is 1.96. The lowest BCUT2D eigenvalue weighted by Gasteiger charge is -2.31. The number of likely N-dealkylation sites (N-methyl/N-ethyl adjacent to an activating group) is 1. The average molecular weight is 552 g/mol. The van der Waals surface area contributed by atoms with Crippen molar-refractivity contribution in [2.24, 2.45) is 0 Å². The SMILES string of the molecule is CNCCNc1ccc(S(=O)(=O)N2CCC(Nc3nc(N)c(C(=O)c4c(F)cccc4F)s3)CC2)cn1. The maximum Gasteiger partial charge on any atom is 0.244 e. The van der Waals surface area contributed by atoms with Gasteiger partial charge >= 0.3 is 0 Å². The number of aromatic nitrogens is 2. The summed E-state index contributed by atoms with van der Waals surface area (Å²) in [6.07, 6.45) is 2.32. The minimum absolute atomic E-state index is 0.0668. The van der Waals surface area contributed by atoms with Gasteiger partial charge in [-0.25, -0.2) is 27.2 Å². The number of nitrogens with zero attached hydrogens (tertiary/aromatic N) is 3. The molecule has 37 heavy (non-hydrogen) atoms. The molecule has 5 N–H and O–H groups in total. The van der Waals surface area contributed by atoms with Gasteiger partial charge in [-0.05, 0) is 44.2 Å². The lowest BCUT2D eigenvalue weighted by atomic mass is 10.1. The van der Waals surface area contributed by atoms with Crippen LogP contribution in [0.1, 0.15) is 28.1 Å². The highest BCUT2D eigenvalue weighted by Gasteiger charge is 2.31. The van der Waals surface area contributed by atoms with Crippen molar-refractivity contribution in [1.82, 2.24) is 19.6 Å². The fourth-order valence-corrected chi connectivity index (χ4v) is 6.23. The molecule has 0 radical (unpaired) electrons. The maximum absolute atomic E-state index is 14.0. The second-order valence-electron chi connectivity index (χ2n) is 8.39. The summed E-state index contributed by atoms with van der Waals surface area (Å²) >= 11 is 0.905. The van der Waals surface area contributed by atoms with Gasteiger partial charge in [-0.2, -0.15) is 4.31 Å². The second-order valence-corrected chi connectivity index (χ2v) is 11.3. The largest absolute Gasteiger partial charge is 0.382 e. The monoisotopic (exact) mass is 551 g/mol. The molecule has 1 aliphatic heterocycles. The fraction of sp³-hybridized carbons (Fsp3) is 0.348. The molecule has 0 amide bonds. The minimum atomic E-state index is -3.70. The number of piperidine rings is 1. The van der Waals surface area contributed by atoms with E-state index >= 15 is 0 Å². The topological polar surface area (TPSA) is 142 Å². The molecule has 3 heterocycles. The van der Waals surface area contributed by atoms with Crippen molar-refractivity contribution in [1.29, 1.82) is 0 Å². The van der Waals surface area contributed by atoms with Crippen LogP contribution < -0.4 is 21.7 Å². The molecule has 0 bridgehead atoms. The van der Waals surface area contributed by atoms with Crippen LogP contribution in [0.2, 0.25) is 0 Å². The minimum Gasteiger partial charge on any atom is -0.382 e. The molecule has 0 atom stereocenters. The lowest BCUT2D eigenvalue weighted by Crippen LogP contribution is -2.42. The van der Waals surface area contributed by atoms with Crippen molar-refractivity contribution in [3.63, 3.8) is 0 Å². The van der Waals surface area contributed by atoms with Crippen LogP contribution >= 0.6 is 11.3 Å². The molecule has 0 spiro atoms. The van der Waals surface area contributed by atoms with Crippen molar-refractivity contribution in [3.8, 4) is 0 Å². The highest BCUT2D eigenvalue weighted by Crippen LogP contribution is 2.31. The van der Waals surface area contributed by atoms with Crippen LogP contribution in [0.25, 0.3) is 0 Å². The molecule has 1 saturated heterocycles. The Morgan fingerprint density at radius 2 is 1.86 bits per heavy atom. The molecule has 14 heteroatoms. The van der Waals surface area contributed by atoms with Crippen LogP contribution in [-0.4, -0.2) is 67.7 Å². The number of thiazole rings is 1. The van der Waals surface area contributed by atoms with E-state index in [1.54, 1.807) is 6.07 Å². The summed E-state index contributed by atoms with van der Waals surface area (Å²) in [6, 6.07) is 6.22. The third kappa shape index (κ3) is 6.04. The molecular formula is C23H27F2N7O3S2. The highest BCUT2D eigenvalue weighted by atomic mass is 32.2. The van der Waals surface area contributed by atoms with E-state index in [4.69, 9.17) is 5.73 Å². The van der Waals surface area contributed by atoms with Gasteiger partial charge in [-0.15, -0.1) is 0 Å². The molecule has 1 aliphatic rings. The molecule has 1 aromatic carbocycles. The highest BCUT2D eigenvalue weighted by molar-refractivity contribution is 7.89. The van der Waals surface area contributed by atoms with Crippen molar-refractivity contribution in [2.75, 3.05) is 49.6 Å². The van der Waals surface area contributed by atoms with Crippen LogP contribution in [0.4, 0.5) is 25.5 Å². The smallest absolute Gasteiger partial charge is 0.244 e. The van der Waals surface area contributed by atoms with Crippen LogP contribution in [0.5, 0.6) is 0 Å². The first-order valence-corrected chi connectivity index (χ1v) is 13.8. The van der Waals surface area contributed by atoms with Gasteiger partial charge in [0.05, 0.1) is 5.56 Å². The molecule has 2 aromatic heterocycles. The number of rotatable bonds is 10. The number of hydrogen-bond acceptors (Lipinski definition) is 10. The quantitative estimate of drug-likeness (QED) is 0.221. The first kappa shape index (κ1) is 26.9. The summed E-state index contributed by atoms with van der Waals surface area (Å²) in [5, 5.41) is 9.59. The van der Waals surface area contributed by atoms with Gasteiger partial charge in [0.2, 0.25) is 15.8 Å². The predicted molar refractivity (Wildman–Crippen MR) is 138 cm³/mol. The summed E-state index contributed by atoms with van der Waals surface area (Å²) in [5.74, 6) is -2.37. The van der Waals surface area contributed by atoms with Crippen LogP contribution in [0.3, 0.4) is 0 Å². The molecule has 0 unspecified atom stereocenters. The number of carbonyl (C=O) groups is 1. The first-order valence-electron chi connectivity index (χ1n) is 11.6. The Hall–Kier alpha value is -3.20. The number of benzene rings is 1. The van der Waals surface area contributed by atoms with Crippen molar-refractivity contribution in [2.45, 2.75) is 23.8 Å². The number of pyridine rings is 1. The van der Waals surface area contributed by atoms with E-state index in [-0.39, 0.29) is 34.7 Å². The number of hydrogen-bond donors (Lipinski definition) is 4. The molecule has 0 aliphatic carbocycles. The summed E-state index contributed by atoms with van der Waals surface area (Å²) in [7, 11) is -1.86. The van der Waals surface area contributed by atoms with E-state index < -0.39 is 33.0 Å². The van der Waals surface area contributed by atoms with Gasteiger partial charge in [0.25, 0.3) is 0 Å². The normalized spacial score (nSPS) is 15.0. The van der Waals surface area contributed by atoms with Crippen LogP contribution in [0, 0.1) is 11.6 Å². The third-order valence-corrected chi connectivity index (χ3v) is 8.77. The van der Waals surface area contributed by atoms with E-state index in [0.29, 0.717) is 30.3 Å². The first-order chi connectivity index (χ1) is 17.7. The molecular weight excluding hydrogens is 524 g/mol. The number of nitrogens with one attached hydrogen (secondary N) is 3. The number of nitrogen functional groups attached to an aromatic ring is 1. The number of halogens is 2. The van der Waals surface area contributed by atoms with Gasteiger partial charge in [-0.3, -0.25) is 4.79 Å². The van der Waals surface area contributed by atoms with E-state index in [1.165, 1.54) is 22.6 Å². The number of sulfonamides is 1. The van der Waals surface area contributed by atoms with Gasteiger partial charge in [0.15, 0.2) is 5.13 Å². The molecule has 3 aromatic rings. The van der Waals surface area contributed by atoms with E-state index in [2.05, 4.69) is 25.9 Å². The predicted octanol–water partition coefficient (Wildman–Crippen LogP) is 2.53. The zero-order valence-corrected chi connectivity index (χ0v) is 21.6. The van der Waals surface area contributed by atoms with Gasteiger partial charge < -0.3 is 21.7 Å². The number of carbonyl (C=O) groups excluding carboxylic acids is 1. The van der Waals surface area contributed by atoms with Gasteiger partial charge in [0, 0.05) is 38.4 Å². The summed E-state index contributed by atoms with van der Waals surface area (Å²) in [4.78, 5) is 21.1. The number of nitrogens with two attached hydrogens (primary N) is 1. The molecule has 1 fully saturated rings. The number of ketones is 1. The van der Waals surface area contributed by atoms with Crippen molar-refractivity contribution >= 4 is 43.9 Å². The molecule has 4 rings (SSSR count).